The number of hydrogen-bond donors (Lipinski definition) is 1. The molecule has 158 valence electrons. The van der Waals surface area contributed by atoms with Crippen molar-refractivity contribution in [3.63, 3.8) is 0 Å². The maximum absolute atomic E-state index is 13.5. The highest BCUT2D eigenvalue weighted by molar-refractivity contribution is 5.79. The fourth-order valence-electron chi connectivity index (χ4n) is 4.35. The minimum absolute atomic E-state index is 0.0576. The maximum Gasteiger partial charge on any atom is 0.231 e. The minimum atomic E-state index is -0.336. The summed E-state index contributed by atoms with van der Waals surface area (Å²) in [5, 5.41) is 2.95. The number of nitrogens with zero attached hydrogens (tertiary/aromatic N) is 1. The van der Waals surface area contributed by atoms with Crippen molar-refractivity contribution in [3.05, 3.63) is 59.7 Å². The molecule has 0 bridgehead atoms. The van der Waals surface area contributed by atoms with Crippen LogP contribution in [0.2, 0.25) is 0 Å². The number of hydrogen-bond acceptors (Lipinski definition) is 4. The van der Waals surface area contributed by atoms with Crippen molar-refractivity contribution in [1.82, 2.24) is 10.2 Å². The van der Waals surface area contributed by atoms with Crippen molar-refractivity contribution in [3.8, 4) is 11.5 Å². The molecule has 2 aromatic rings. The van der Waals surface area contributed by atoms with Gasteiger partial charge in [0.25, 0.3) is 0 Å². The van der Waals surface area contributed by atoms with E-state index < -0.39 is 0 Å². The van der Waals surface area contributed by atoms with Gasteiger partial charge in [0.2, 0.25) is 18.6 Å². The third kappa shape index (κ3) is 4.75. The van der Waals surface area contributed by atoms with E-state index in [1.54, 1.807) is 0 Å². The minimum Gasteiger partial charge on any atom is -0.454 e. The Balaban J connectivity index is 1.53. The Kier molecular flexibility index (Phi) is 6.21. The molecule has 0 saturated heterocycles. The van der Waals surface area contributed by atoms with Gasteiger partial charge in [0, 0.05) is 19.5 Å². The van der Waals surface area contributed by atoms with E-state index in [1.165, 1.54) is 6.92 Å². The average Bonchev–Trinajstić information content (AvgIpc) is 3.43. The van der Waals surface area contributed by atoms with Crippen LogP contribution in [0.5, 0.6) is 11.5 Å². The number of rotatable bonds is 7. The van der Waals surface area contributed by atoms with Crippen LogP contribution in [-0.2, 0) is 16.1 Å². The van der Waals surface area contributed by atoms with Gasteiger partial charge in [-0.05, 0) is 36.1 Å². The molecule has 6 heteroatoms. The molecular weight excluding hydrogens is 380 g/mol. The molecule has 1 aliphatic carbocycles. The van der Waals surface area contributed by atoms with Gasteiger partial charge in [-0.1, -0.05) is 49.2 Å². The third-order valence-electron chi connectivity index (χ3n) is 5.83. The molecule has 1 saturated carbocycles. The lowest BCUT2D eigenvalue weighted by molar-refractivity contribution is -0.135. The lowest BCUT2D eigenvalue weighted by Crippen LogP contribution is -2.40. The van der Waals surface area contributed by atoms with Crippen LogP contribution >= 0.6 is 0 Å². The maximum atomic E-state index is 13.5. The van der Waals surface area contributed by atoms with Crippen LogP contribution in [0.4, 0.5) is 0 Å². The molecule has 1 aliphatic heterocycles. The molecule has 4 rings (SSSR count). The molecule has 30 heavy (non-hydrogen) atoms. The van der Waals surface area contributed by atoms with E-state index in [-0.39, 0.29) is 37.1 Å². The van der Waals surface area contributed by atoms with Crippen molar-refractivity contribution in [2.75, 3.05) is 6.79 Å². The zero-order chi connectivity index (χ0) is 20.9. The molecule has 2 amide bonds. The molecule has 0 aromatic heterocycles. The van der Waals surface area contributed by atoms with E-state index in [1.807, 2.05) is 53.4 Å². The van der Waals surface area contributed by atoms with Gasteiger partial charge in [0.15, 0.2) is 11.5 Å². The summed E-state index contributed by atoms with van der Waals surface area (Å²) in [6.07, 6.45) is 4.57. The summed E-state index contributed by atoms with van der Waals surface area (Å²) in [5.41, 5.74) is 1.96. The van der Waals surface area contributed by atoms with E-state index in [9.17, 15) is 9.59 Å². The standard InChI is InChI=1S/C24H28N2O4/c1-17(27)25-21(19-7-3-2-4-8-19)14-24(28)26(20-9-5-6-10-20)15-18-11-12-22-23(13-18)30-16-29-22/h2-4,7-8,11-13,20-21H,5-6,9-10,14-16H2,1H3,(H,25,27)/t21-/m0/s1. The van der Waals surface area contributed by atoms with Gasteiger partial charge in [-0.2, -0.15) is 0 Å². The quantitative estimate of drug-likeness (QED) is 0.753. The molecule has 1 N–H and O–H groups in total. The van der Waals surface area contributed by atoms with Crippen molar-refractivity contribution in [2.24, 2.45) is 0 Å². The molecule has 2 aromatic carbocycles. The Bertz CT molecular complexity index is 893. The molecule has 0 unspecified atom stereocenters. The zero-order valence-electron chi connectivity index (χ0n) is 17.3. The summed E-state index contributed by atoms with van der Waals surface area (Å²) in [7, 11) is 0. The van der Waals surface area contributed by atoms with Crippen LogP contribution in [0, 0.1) is 0 Å². The van der Waals surface area contributed by atoms with Crippen LogP contribution in [0.3, 0.4) is 0 Å². The van der Waals surface area contributed by atoms with E-state index in [0.717, 1.165) is 48.3 Å². The average molecular weight is 408 g/mol. The summed E-state index contributed by atoms with van der Waals surface area (Å²) in [6, 6.07) is 15.4. The van der Waals surface area contributed by atoms with Gasteiger partial charge in [-0.25, -0.2) is 0 Å². The summed E-state index contributed by atoms with van der Waals surface area (Å²) < 4.78 is 10.9. The Morgan fingerprint density at radius 3 is 2.53 bits per heavy atom. The number of nitrogens with one attached hydrogen (secondary N) is 1. The number of carbonyl (C=O) groups is 2. The summed E-state index contributed by atoms with van der Waals surface area (Å²) in [4.78, 5) is 27.2. The fourth-order valence-corrected chi connectivity index (χ4v) is 4.35. The van der Waals surface area contributed by atoms with Crippen molar-refractivity contribution in [1.29, 1.82) is 0 Å². The Morgan fingerprint density at radius 2 is 1.80 bits per heavy atom. The van der Waals surface area contributed by atoms with E-state index >= 15 is 0 Å². The van der Waals surface area contributed by atoms with Gasteiger partial charge >= 0.3 is 0 Å². The Labute approximate surface area is 177 Å². The predicted octanol–water partition coefficient (Wildman–Crippen LogP) is 3.95. The van der Waals surface area contributed by atoms with Crippen LogP contribution in [-0.4, -0.2) is 29.5 Å². The molecule has 6 nitrogen and oxygen atoms in total. The van der Waals surface area contributed by atoms with Gasteiger partial charge in [-0.3, -0.25) is 9.59 Å². The monoisotopic (exact) mass is 408 g/mol. The Morgan fingerprint density at radius 1 is 1.07 bits per heavy atom. The molecule has 1 atom stereocenters. The number of amides is 2. The number of ether oxygens (including phenoxy) is 2. The van der Waals surface area contributed by atoms with Crippen molar-refractivity contribution < 1.29 is 19.1 Å². The lowest BCUT2D eigenvalue weighted by atomic mass is 10.0. The zero-order valence-corrected chi connectivity index (χ0v) is 17.3. The molecular formula is C24H28N2O4. The second-order valence-corrected chi connectivity index (χ2v) is 8.02. The summed E-state index contributed by atoms with van der Waals surface area (Å²) in [6.45, 7) is 2.25. The first-order valence-electron chi connectivity index (χ1n) is 10.6. The first-order valence-corrected chi connectivity index (χ1v) is 10.6. The summed E-state index contributed by atoms with van der Waals surface area (Å²) >= 11 is 0. The van der Waals surface area contributed by atoms with E-state index in [4.69, 9.17) is 9.47 Å². The fraction of sp³-hybridized carbons (Fsp3) is 0.417. The highest BCUT2D eigenvalue weighted by Gasteiger charge is 2.29. The van der Waals surface area contributed by atoms with Gasteiger partial charge in [0.1, 0.15) is 0 Å². The van der Waals surface area contributed by atoms with Crippen LogP contribution in [0.25, 0.3) is 0 Å². The number of carbonyl (C=O) groups excluding carboxylic acids is 2. The van der Waals surface area contributed by atoms with Crippen molar-refractivity contribution in [2.45, 2.75) is 57.7 Å². The predicted molar refractivity (Wildman–Crippen MR) is 113 cm³/mol. The highest BCUT2D eigenvalue weighted by Crippen LogP contribution is 2.34. The number of benzene rings is 2. The van der Waals surface area contributed by atoms with Crippen LogP contribution in [0.1, 0.15) is 56.2 Å². The first-order chi connectivity index (χ1) is 14.6. The number of fused-ring (bicyclic) bond motifs is 1. The third-order valence-corrected chi connectivity index (χ3v) is 5.83. The van der Waals surface area contributed by atoms with Crippen LogP contribution in [0.15, 0.2) is 48.5 Å². The van der Waals surface area contributed by atoms with Crippen LogP contribution < -0.4 is 14.8 Å². The normalized spacial score (nSPS) is 16.3. The Hall–Kier alpha value is -3.02. The van der Waals surface area contributed by atoms with Crippen molar-refractivity contribution >= 4 is 11.8 Å². The van der Waals surface area contributed by atoms with Gasteiger partial charge < -0.3 is 19.7 Å². The molecule has 1 heterocycles. The largest absolute Gasteiger partial charge is 0.454 e. The van der Waals surface area contributed by atoms with Gasteiger partial charge in [0.05, 0.1) is 12.5 Å². The van der Waals surface area contributed by atoms with E-state index in [0.29, 0.717) is 6.54 Å². The lowest BCUT2D eigenvalue weighted by Gasteiger charge is -2.31. The summed E-state index contributed by atoms with van der Waals surface area (Å²) in [5.74, 6) is 1.39. The smallest absolute Gasteiger partial charge is 0.231 e. The van der Waals surface area contributed by atoms with E-state index in [2.05, 4.69) is 5.32 Å². The topological polar surface area (TPSA) is 67.9 Å². The molecule has 1 fully saturated rings. The molecule has 0 radical (unpaired) electrons. The molecule has 0 spiro atoms. The second kappa shape index (κ2) is 9.20. The highest BCUT2D eigenvalue weighted by atomic mass is 16.7. The SMILES string of the molecule is CC(=O)N[C@@H](CC(=O)N(Cc1ccc2c(c1)OCO2)C1CCCC1)c1ccccc1. The van der Waals surface area contributed by atoms with Gasteiger partial charge in [-0.15, -0.1) is 0 Å². The molecule has 2 aliphatic rings. The first kappa shape index (κ1) is 20.3. The second-order valence-electron chi connectivity index (χ2n) is 8.02.